The van der Waals surface area contributed by atoms with Gasteiger partial charge < -0.3 is 0 Å². The second kappa shape index (κ2) is 6.61. The van der Waals surface area contributed by atoms with E-state index < -0.39 is 0 Å². The molecule has 2 aromatic rings. The summed E-state index contributed by atoms with van der Waals surface area (Å²) in [6.07, 6.45) is 3.15. The summed E-state index contributed by atoms with van der Waals surface area (Å²) in [5, 5.41) is 4.41. The molecule has 0 radical (unpaired) electrons. The van der Waals surface area contributed by atoms with Crippen molar-refractivity contribution < 1.29 is 4.39 Å². The van der Waals surface area contributed by atoms with Crippen LogP contribution in [0.25, 0.3) is 0 Å². The second-order valence-electron chi connectivity index (χ2n) is 6.42. The Bertz CT molecular complexity index is 627. The van der Waals surface area contributed by atoms with E-state index in [1.54, 1.807) is 12.1 Å². The van der Waals surface area contributed by atoms with Crippen LogP contribution in [-0.4, -0.2) is 27.8 Å². The maximum absolute atomic E-state index is 13.7. The van der Waals surface area contributed by atoms with Gasteiger partial charge in [-0.3, -0.25) is 9.58 Å². The van der Waals surface area contributed by atoms with Gasteiger partial charge in [-0.05, 0) is 62.9 Å². The lowest BCUT2D eigenvalue weighted by Crippen LogP contribution is -2.34. The van der Waals surface area contributed by atoms with E-state index in [0.717, 1.165) is 50.2 Å². The van der Waals surface area contributed by atoms with Gasteiger partial charge in [0.2, 0.25) is 0 Å². The average Bonchev–Trinajstić information content (AvgIpc) is 2.81. The number of hydrogen-bond donors (Lipinski definition) is 0. The van der Waals surface area contributed by atoms with E-state index in [-0.39, 0.29) is 5.82 Å². The number of nitrogens with zero attached hydrogens (tertiary/aromatic N) is 3. The number of aromatic nitrogens is 2. The molecule has 1 aromatic heterocycles. The number of piperidine rings is 1. The maximum Gasteiger partial charge on any atom is 0.126 e. The molecular formula is C18H24FN3. The summed E-state index contributed by atoms with van der Waals surface area (Å²) in [6.45, 7) is 5.17. The summed E-state index contributed by atoms with van der Waals surface area (Å²) in [5.41, 5.74) is 3.21. The Labute approximate surface area is 131 Å². The SMILES string of the molecule is Cc1cc(CN2CCC(Cc3ccccc3F)CC2)n(C)n1. The molecule has 0 bridgehead atoms. The zero-order valence-electron chi connectivity index (χ0n) is 13.4. The molecule has 4 heteroatoms. The van der Waals surface area contributed by atoms with Crippen molar-refractivity contribution in [2.75, 3.05) is 13.1 Å². The predicted molar refractivity (Wildman–Crippen MR) is 86.1 cm³/mol. The smallest absolute Gasteiger partial charge is 0.126 e. The maximum atomic E-state index is 13.7. The fourth-order valence-corrected chi connectivity index (χ4v) is 3.36. The van der Waals surface area contributed by atoms with Gasteiger partial charge in [-0.1, -0.05) is 18.2 Å². The van der Waals surface area contributed by atoms with Crippen molar-refractivity contribution in [1.29, 1.82) is 0 Å². The normalized spacial score (nSPS) is 17.0. The summed E-state index contributed by atoms with van der Waals surface area (Å²) in [7, 11) is 2.01. The third-order valence-electron chi connectivity index (χ3n) is 4.66. The highest BCUT2D eigenvalue weighted by Gasteiger charge is 2.21. The molecule has 1 aliphatic heterocycles. The first-order valence-corrected chi connectivity index (χ1v) is 8.07. The van der Waals surface area contributed by atoms with Crippen LogP contribution in [0, 0.1) is 18.7 Å². The molecule has 1 aromatic carbocycles. The predicted octanol–water partition coefficient (Wildman–Crippen LogP) is 3.32. The van der Waals surface area contributed by atoms with Crippen molar-refractivity contribution in [3.8, 4) is 0 Å². The van der Waals surface area contributed by atoms with Gasteiger partial charge in [-0.2, -0.15) is 5.10 Å². The number of benzene rings is 1. The lowest BCUT2D eigenvalue weighted by Gasteiger charge is -2.32. The summed E-state index contributed by atoms with van der Waals surface area (Å²) in [6, 6.07) is 9.33. The van der Waals surface area contributed by atoms with Crippen molar-refractivity contribution in [3.63, 3.8) is 0 Å². The Kier molecular flexibility index (Phi) is 4.57. The molecule has 1 saturated heterocycles. The van der Waals surface area contributed by atoms with Crippen LogP contribution >= 0.6 is 0 Å². The lowest BCUT2D eigenvalue weighted by molar-refractivity contribution is 0.173. The molecule has 118 valence electrons. The van der Waals surface area contributed by atoms with Gasteiger partial charge in [-0.15, -0.1) is 0 Å². The van der Waals surface area contributed by atoms with Crippen LogP contribution in [0.4, 0.5) is 4.39 Å². The fourth-order valence-electron chi connectivity index (χ4n) is 3.36. The molecular weight excluding hydrogens is 277 g/mol. The van der Waals surface area contributed by atoms with Crippen LogP contribution < -0.4 is 0 Å². The third kappa shape index (κ3) is 3.55. The van der Waals surface area contributed by atoms with E-state index in [1.165, 1.54) is 5.69 Å². The standard InChI is InChI=1S/C18H24FN3/c1-14-11-17(21(2)20-14)13-22-9-7-15(8-10-22)12-16-5-3-4-6-18(16)19/h3-6,11,15H,7-10,12-13H2,1-2H3. The summed E-state index contributed by atoms with van der Waals surface area (Å²) in [5.74, 6) is 0.539. The van der Waals surface area contributed by atoms with Crippen LogP contribution in [0.3, 0.4) is 0 Å². The molecule has 3 rings (SSSR count). The van der Waals surface area contributed by atoms with Crippen LogP contribution in [0.5, 0.6) is 0 Å². The zero-order chi connectivity index (χ0) is 15.5. The van der Waals surface area contributed by atoms with Crippen LogP contribution in [0.2, 0.25) is 0 Å². The second-order valence-corrected chi connectivity index (χ2v) is 6.42. The van der Waals surface area contributed by atoms with Gasteiger partial charge in [0.1, 0.15) is 5.82 Å². The fraction of sp³-hybridized carbons (Fsp3) is 0.500. The molecule has 1 fully saturated rings. The Morgan fingerprint density at radius 2 is 1.95 bits per heavy atom. The van der Waals surface area contributed by atoms with Gasteiger partial charge in [-0.25, -0.2) is 4.39 Å². The van der Waals surface area contributed by atoms with Crippen LogP contribution in [0.1, 0.15) is 29.8 Å². The summed E-state index contributed by atoms with van der Waals surface area (Å²) in [4.78, 5) is 2.48. The molecule has 0 unspecified atom stereocenters. The highest BCUT2D eigenvalue weighted by molar-refractivity contribution is 5.18. The van der Waals surface area contributed by atoms with Gasteiger partial charge in [0, 0.05) is 13.6 Å². The number of rotatable bonds is 4. The zero-order valence-corrected chi connectivity index (χ0v) is 13.4. The van der Waals surface area contributed by atoms with Gasteiger partial charge in [0.05, 0.1) is 11.4 Å². The average molecular weight is 301 g/mol. The molecule has 2 heterocycles. The van der Waals surface area contributed by atoms with E-state index >= 15 is 0 Å². The Morgan fingerprint density at radius 3 is 2.59 bits per heavy atom. The molecule has 0 amide bonds. The lowest BCUT2D eigenvalue weighted by atomic mass is 9.90. The molecule has 0 spiro atoms. The van der Waals surface area contributed by atoms with E-state index in [4.69, 9.17) is 0 Å². The number of halogens is 1. The molecule has 0 atom stereocenters. The van der Waals surface area contributed by atoms with Crippen molar-refractivity contribution in [1.82, 2.24) is 14.7 Å². The Hall–Kier alpha value is -1.68. The first-order chi connectivity index (χ1) is 10.6. The first-order valence-electron chi connectivity index (χ1n) is 8.07. The topological polar surface area (TPSA) is 21.1 Å². The van der Waals surface area contributed by atoms with E-state index in [1.807, 2.05) is 30.8 Å². The van der Waals surface area contributed by atoms with E-state index in [2.05, 4.69) is 16.1 Å². The van der Waals surface area contributed by atoms with Crippen molar-refractivity contribution in [2.45, 2.75) is 32.7 Å². The number of hydrogen-bond acceptors (Lipinski definition) is 2. The molecule has 3 nitrogen and oxygen atoms in total. The third-order valence-corrected chi connectivity index (χ3v) is 4.66. The van der Waals surface area contributed by atoms with Gasteiger partial charge in [0.25, 0.3) is 0 Å². The highest BCUT2D eigenvalue weighted by Crippen LogP contribution is 2.24. The van der Waals surface area contributed by atoms with Crippen molar-refractivity contribution in [2.24, 2.45) is 13.0 Å². The largest absolute Gasteiger partial charge is 0.298 e. The van der Waals surface area contributed by atoms with Gasteiger partial charge in [0.15, 0.2) is 0 Å². The number of aryl methyl sites for hydroxylation is 2. The minimum atomic E-state index is -0.0599. The molecule has 0 saturated carbocycles. The van der Waals surface area contributed by atoms with E-state index in [9.17, 15) is 4.39 Å². The van der Waals surface area contributed by atoms with Crippen molar-refractivity contribution in [3.05, 3.63) is 53.1 Å². The molecule has 1 aliphatic rings. The summed E-state index contributed by atoms with van der Waals surface area (Å²) < 4.78 is 15.7. The first kappa shape index (κ1) is 15.2. The number of likely N-dealkylation sites (tertiary alicyclic amines) is 1. The highest BCUT2D eigenvalue weighted by atomic mass is 19.1. The monoisotopic (exact) mass is 301 g/mol. The Morgan fingerprint density at radius 1 is 1.23 bits per heavy atom. The van der Waals surface area contributed by atoms with Crippen LogP contribution in [-0.2, 0) is 20.0 Å². The molecule has 0 N–H and O–H groups in total. The Balaban J connectivity index is 1.52. The molecule has 0 aliphatic carbocycles. The van der Waals surface area contributed by atoms with E-state index in [0.29, 0.717) is 5.92 Å². The van der Waals surface area contributed by atoms with Crippen LogP contribution in [0.15, 0.2) is 30.3 Å². The molecule has 22 heavy (non-hydrogen) atoms. The van der Waals surface area contributed by atoms with Gasteiger partial charge >= 0.3 is 0 Å². The quantitative estimate of drug-likeness (QED) is 0.864. The van der Waals surface area contributed by atoms with Crippen molar-refractivity contribution >= 4 is 0 Å². The summed E-state index contributed by atoms with van der Waals surface area (Å²) >= 11 is 0. The minimum Gasteiger partial charge on any atom is -0.298 e. The minimum absolute atomic E-state index is 0.0599.